The van der Waals surface area contributed by atoms with Crippen molar-refractivity contribution < 1.29 is 5.11 Å². The molecule has 0 bridgehead atoms. The number of hydrogen-bond acceptors (Lipinski definition) is 3. The molecule has 3 N–H and O–H groups in total. The molecule has 0 aliphatic heterocycles. The Labute approximate surface area is 85.2 Å². The van der Waals surface area contributed by atoms with Crippen LogP contribution < -0.4 is 10.6 Å². The Balaban J connectivity index is 2.64. The Bertz CT molecular complexity index is 269. The van der Waals surface area contributed by atoms with Gasteiger partial charge in [0.25, 0.3) is 0 Å². The molecule has 0 aliphatic carbocycles. The summed E-state index contributed by atoms with van der Waals surface area (Å²) in [4.78, 5) is 2.05. The lowest BCUT2D eigenvalue weighted by Gasteiger charge is -2.13. The summed E-state index contributed by atoms with van der Waals surface area (Å²) in [5.74, 6) is 0. The molecule has 0 saturated heterocycles. The number of anilines is 1. The highest BCUT2D eigenvalue weighted by atomic mass is 16.3. The fourth-order valence-corrected chi connectivity index (χ4v) is 1.30. The van der Waals surface area contributed by atoms with Crippen molar-refractivity contribution in [1.82, 2.24) is 0 Å². The summed E-state index contributed by atoms with van der Waals surface area (Å²) in [7, 11) is 4.02. The van der Waals surface area contributed by atoms with Gasteiger partial charge in [-0.2, -0.15) is 0 Å². The van der Waals surface area contributed by atoms with Crippen molar-refractivity contribution in [2.45, 2.75) is 12.5 Å². The van der Waals surface area contributed by atoms with E-state index in [0.717, 1.165) is 12.0 Å². The number of rotatable bonds is 4. The third-order valence-electron chi connectivity index (χ3n) is 2.19. The molecule has 1 rings (SSSR count). The first-order chi connectivity index (χ1) is 6.63. The lowest BCUT2D eigenvalue weighted by atomic mass is 10.1. The lowest BCUT2D eigenvalue weighted by molar-refractivity contribution is 0.265. The van der Waals surface area contributed by atoms with Crippen LogP contribution in [-0.4, -0.2) is 31.9 Å². The molecule has 0 saturated carbocycles. The van der Waals surface area contributed by atoms with Crippen LogP contribution in [0.1, 0.15) is 5.56 Å². The smallest absolute Gasteiger partial charge is 0.0585 e. The minimum atomic E-state index is -0.153. The summed E-state index contributed by atoms with van der Waals surface area (Å²) < 4.78 is 0. The topological polar surface area (TPSA) is 49.5 Å². The molecule has 0 spiro atoms. The van der Waals surface area contributed by atoms with Crippen LogP contribution in [-0.2, 0) is 6.42 Å². The predicted molar refractivity (Wildman–Crippen MR) is 59.5 cm³/mol. The Morgan fingerprint density at radius 3 is 2.29 bits per heavy atom. The zero-order valence-electron chi connectivity index (χ0n) is 8.77. The van der Waals surface area contributed by atoms with Gasteiger partial charge in [-0.15, -0.1) is 0 Å². The Kier molecular flexibility index (Phi) is 3.92. The number of hydrogen-bond donors (Lipinski definition) is 2. The number of nitrogens with two attached hydrogens (primary N) is 1. The molecule has 0 unspecified atom stereocenters. The molecular weight excluding hydrogens is 176 g/mol. The van der Waals surface area contributed by atoms with Gasteiger partial charge < -0.3 is 15.7 Å². The molecule has 0 aromatic heterocycles. The molecule has 1 aromatic rings. The van der Waals surface area contributed by atoms with Crippen molar-refractivity contribution in [2.24, 2.45) is 5.73 Å². The van der Waals surface area contributed by atoms with Gasteiger partial charge in [0.1, 0.15) is 0 Å². The minimum Gasteiger partial charge on any atom is -0.395 e. The minimum absolute atomic E-state index is 0.0371. The van der Waals surface area contributed by atoms with E-state index in [9.17, 15) is 0 Å². The van der Waals surface area contributed by atoms with E-state index in [4.69, 9.17) is 10.8 Å². The standard InChI is InChI=1S/C11H18N2O/c1-13(2)11-5-3-9(4-6-11)7-10(12)8-14/h3-6,10,14H,7-8,12H2,1-2H3/t10-/m1/s1. The second-order valence-corrected chi connectivity index (χ2v) is 3.71. The quantitative estimate of drug-likeness (QED) is 0.738. The van der Waals surface area contributed by atoms with Gasteiger partial charge in [0.05, 0.1) is 6.61 Å². The van der Waals surface area contributed by atoms with Gasteiger partial charge in [0.2, 0.25) is 0 Å². The van der Waals surface area contributed by atoms with Crippen molar-refractivity contribution in [3.63, 3.8) is 0 Å². The first-order valence-corrected chi connectivity index (χ1v) is 4.76. The first-order valence-electron chi connectivity index (χ1n) is 4.76. The molecule has 0 heterocycles. The molecule has 1 aromatic carbocycles. The van der Waals surface area contributed by atoms with E-state index in [1.165, 1.54) is 5.69 Å². The summed E-state index contributed by atoms with van der Waals surface area (Å²) >= 11 is 0. The van der Waals surface area contributed by atoms with Crippen LogP contribution >= 0.6 is 0 Å². The van der Waals surface area contributed by atoms with Crippen LogP contribution in [0, 0.1) is 0 Å². The number of aliphatic hydroxyl groups excluding tert-OH is 1. The Morgan fingerprint density at radius 1 is 1.29 bits per heavy atom. The van der Waals surface area contributed by atoms with Gasteiger partial charge >= 0.3 is 0 Å². The fraction of sp³-hybridized carbons (Fsp3) is 0.455. The van der Waals surface area contributed by atoms with Gasteiger partial charge in [-0.05, 0) is 24.1 Å². The molecule has 1 atom stereocenters. The summed E-state index contributed by atoms with van der Waals surface area (Å²) in [6.45, 7) is 0.0371. The molecule has 3 nitrogen and oxygen atoms in total. The average Bonchev–Trinajstić information content (AvgIpc) is 2.18. The van der Waals surface area contributed by atoms with Crippen molar-refractivity contribution in [2.75, 3.05) is 25.6 Å². The maximum absolute atomic E-state index is 8.81. The van der Waals surface area contributed by atoms with Crippen LogP contribution in [0.15, 0.2) is 24.3 Å². The van der Waals surface area contributed by atoms with E-state index in [0.29, 0.717) is 0 Å². The number of aliphatic hydroxyl groups is 1. The summed E-state index contributed by atoms with van der Waals surface area (Å²) in [5.41, 5.74) is 7.98. The summed E-state index contributed by atoms with van der Waals surface area (Å²) in [5, 5.41) is 8.81. The summed E-state index contributed by atoms with van der Waals surface area (Å²) in [6, 6.07) is 8.05. The number of benzene rings is 1. The Morgan fingerprint density at radius 2 is 1.86 bits per heavy atom. The van der Waals surface area contributed by atoms with Gasteiger partial charge in [-0.25, -0.2) is 0 Å². The largest absolute Gasteiger partial charge is 0.395 e. The van der Waals surface area contributed by atoms with E-state index >= 15 is 0 Å². The van der Waals surface area contributed by atoms with Gasteiger partial charge in [0.15, 0.2) is 0 Å². The van der Waals surface area contributed by atoms with Crippen LogP contribution in [0.5, 0.6) is 0 Å². The average molecular weight is 194 g/mol. The van der Waals surface area contributed by atoms with E-state index in [1.54, 1.807) is 0 Å². The van der Waals surface area contributed by atoms with Gasteiger partial charge in [-0.3, -0.25) is 0 Å². The highest BCUT2D eigenvalue weighted by Crippen LogP contribution is 2.12. The lowest BCUT2D eigenvalue weighted by Crippen LogP contribution is -2.26. The highest BCUT2D eigenvalue weighted by molar-refractivity contribution is 5.46. The monoisotopic (exact) mass is 194 g/mol. The molecule has 0 radical (unpaired) electrons. The van der Waals surface area contributed by atoms with Crippen molar-refractivity contribution in [3.05, 3.63) is 29.8 Å². The van der Waals surface area contributed by atoms with E-state index < -0.39 is 0 Å². The van der Waals surface area contributed by atoms with Crippen LogP contribution in [0.2, 0.25) is 0 Å². The first kappa shape index (κ1) is 11.0. The summed E-state index contributed by atoms with van der Waals surface area (Å²) in [6.07, 6.45) is 0.726. The number of nitrogens with zero attached hydrogens (tertiary/aromatic N) is 1. The van der Waals surface area contributed by atoms with Crippen LogP contribution in [0.3, 0.4) is 0 Å². The molecule has 0 aliphatic rings. The SMILES string of the molecule is CN(C)c1ccc(C[C@@H](N)CO)cc1. The molecule has 14 heavy (non-hydrogen) atoms. The second kappa shape index (κ2) is 4.98. The maximum Gasteiger partial charge on any atom is 0.0585 e. The fourth-order valence-electron chi connectivity index (χ4n) is 1.30. The zero-order valence-corrected chi connectivity index (χ0v) is 8.77. The Hall–Kier alpha value is -1.06. The van der Waals surface area contributed by atoms with E-state index in [2.05, 4.69) is 17.0 Å². The van der Waals surface area contributed by atoms with Crippen LogP contribution in [0.25, 0.3) is 0 Å². The van der Waals surface area contributed by atoms with Crippen LogP contribution in [0.4, 0.5) is 5.69 Å². The van der Waals surface area contributed by atoms with Gasteiger partial charge in [0, 0.05) is 25.8 Å². The molecule has 0 amide bonds. The molecular formula is C11H18N2O. The maximum atomic E-state index is 8.81. The third-order valence-corrected chi connectivity index (χ3v) is 2.19. The normalized spacial score (nSPS) is 12.6. The zero-order chi connectivity index (χ0) is 10.6. The molecule has 3 heteroatoms. The van der Waals surface area contributed by atoms with Crippen molar-refractivity contribution >= 4 is 5.69 Å². The molecule has 78 valence electrons. The predicted octanol–water partition coefficient (Wildman–Crippen LogP) is 0.615. The van der Waals surface area contributed by atoms with Crippen molar-refractivity contribution in [1.29, 1.82) is 0 Å². The van der Waals surface area contributed by atoms with Crippen molar-refractivity contribution in [3.8, 4) is 0 Å². The van der Waals surface area contributed by atoms with E-state index in [-0.39, 0.29) is 12.6 Å². The van der Waals surface area contributed by atoms with E-state index in [1.807, 2.05) is 26.2 Å². The highest BCUT2D eigenvalue weighted by Gasteiger charge is 2.02. The molecule has 0 fully saturated rings. The third kappa shape index (κ3) is 3.01. The van der Waals surface area contributed by atoms with Gasteiger partial charge in [-0.1, -0.05) is 12.1 Å². The second-order valence-electron chi connectivity index (χ2n) is 3.71.